The first-order valence-electron chi connectivity index (χ1n) is 9.84. The fourth-order valence-electron chi connectivity index (χ4n) is 3.19. The molecule has 1 heterocycles. The average Bonchev–Trinajstić information content (AvgIpc) is 3.15. The van der Waals surface area contributed by atoms with Gasteiger partial charge in [-0.15, -0.1) is 11.3 Å². The first kappa shape index (κ1) is 25.1. The predicted octanol–water partition coefficient (Wildman–Crippen LogP) is 6.77. The van der Waals surface area contributed by atoms with E-state index in [1.165, 1.54) is 48.8 Å². The van der Waals surface area contributed by atoms with E-state index in [4.69, 9.17) is 32.7 Å². The van der Waals surface area contributed by atoms with Crippen molar-refractivity contribution >= 4 is 71.9 Å². The number of nitrogens with one attached hydrogen (secondary N) is 2. The van der Waals surface area contributed by atoms with Crippen molar-refractivity contribution in [2.75, 3.05) is 23.4 Å². The van der Waals surface area contributed by atoms with Crippen molar-refractivity contribution in [1.82, 2.24) is 0 Å². The van der Waals surface area contributed by atoms with Crippen molar-refractivity contribution in [2.24, 2.45) is 0 Å². The van der Waals surface area contributed by atoms with Gasteiger partial charge in [-0.3, -0.25) is 9.52 Å². The Labute approximate surface area is 214 Å². The van der Waals surface area contributed by atoms with Crippen LogP contribution in [0.3, 0.4) is 0 Å². The summed E-state index contributed by atoms with van der Waals surface area (Å²) < 4.78 is 50.7. The van der Waals surface area contributed by atoms with Gasteiger partial charge in [0.25, 0.3) is 5.91 Å². The lowest BCUT2D eigenvalue weighted by molar-refractivity contribution is 0.103. The summed E-state index contributed by atoms with van der Waals surface area (Å²) in [6, 6.07) is 13.3. The van der Waals surface area contributed by atoms with Gasteiger partial charge in [0.05, 0.1) is 29.0 Å². The van der Waals surface area contributed by atoms with Crippen LogP contribution >= 0.6 is 34.5 Å². The van der Waals surface area contributed by atoms with Crippen molar-refractivity contribution in [3.05, 3.63) is 75.3 Å². The number of ether oxygens (including phenoxy) is 2. The Balaban J connectivity index is 1.57. The summed E-state index contributed by atoms with van der Waals surface area (Å²) in [6.07, 6.45) is 1.02. The molecule has 0 spiro atoms. The first-order valence-corrected chi connectivity index (χ1v) is 13.3. The summed E-state index contributed by atoms with van der Waals surface area (Å²) in [5.41, 5.74) is 0.577. The molecule has 0 aliphatic heterocycles. The Kier molecular flexibility index (Phi) is 7.09. The third kappa shape index (κ3) is 6.34. The Morgan fingerprint density at radius 2 is 1.69 bits per heavy atom. The van der Waals surface area contributed by atoms with Crippen LogP contribution in [0.25, 0.3) is 10.1 Å². The number of methoxy groups -OCH3 is 1. The Bertz CT molecular complexity index is 1560. The molecule has 2 N–H and O–H groups in total. The molecule has 0 aliphatic carbocycles. The average molecular weight is 555 g/mol. The minimum Gasteiger partial charge on any atom is -0.497 e. The van der Waals surface area contributed by atoms with Crippen LogP contribution in [0.4, 0.5) is 15.8 Å². The van der Waals surface area contributed by atoms with Crippen LogP contribution in [-0.4, -0.2) is 27.7 Å². The maximum Gasteiger partial charge on any atom is 0.265 e. The van der Waals surface area contributed by atoms with E-state index in [9.17, 15) is 17.6 Å². The fraction of sp³-hybridized carbons (Fsp3) is 0.0870. The highest BCUT2D eigenvalue weighted by Crippen LogP contribution is 2.35. The number of halogens is 3. The highest BCUT2D eigenvalue weighted by molar-refractivity contribution is 7.92. The van der Waals surface area contributed by atoms with Gasteiger partial charge in [-0.25, -0.2) is 12.8 Å². The maximum absolute atomic E-state index is 13.8. The lowest BCUT2D eigenvalue weighted by Gasteiger charge is -2.11. The molecule has 1 aromatic heterocycles. The third-order valence-corrected chi connectivity index (χ3v) is 6.79. The fourth-order valence-corrected chi connectivity index (χ4v) is 5.29. The van der Waals surface area contributed by atoms with Crippen LogP contribution < -0.4 is 19.5 Å². The lowest BCUT2D eigenvalue weighted by atomic mass is 10.2. The number of hydrogen-bond acceptors (Lipinski definition) is 6. The van der Waals surface area contributed by atoms with E-state index in [0.717, 1.165) is 6.26 Å². The Morgan fingerprint density at radius 3 is 2.40 bits per heavy atom. The lowest BCUT2D eigenvalue weighted by Crippen LogP contribution is -2.10. The van der Waals surface area contributed by atoms with Crippen molar-refractivity contribution in [3.8, 4) is 17.2 Å². The van der Waals surface area contributed by atoms with Gasteiger partial charge in [0.15, 0.2) is 0 Å². The summed E-state index contributed by atoms with van der Waals surface area (Å²) in [4.78, 5) is 13.3. The minimum atomic E-state index is -3.52. The zero-order valence-electron chi connectivity index (χ0n) is 18.2. The zero-order chi connectivity index (χ0) is 25.3. The van der Waals surface area contributed by atoms with Gasteiger partial charge in [0, 0.05) is 39.7 Å². The predicted molar refractivity (Wildman–Crippen MR) is 138 cm³/mol. The van der Waals surface area contributed by atoms with E-state index in [0.29, 0.717) is 25.7 Å². The molecule has 7 nitrogen and oxygen atoms in total. The van der Waals surface area contributed by atoms with E-state index in [1.807, 2.05) is 0 Å². The molecule has 35 heavy (non-hydrogen) atoms. The quantitative estimate of drug-likeness (QED) is 0.263. The molecule has 12 heteroatoms. The van der Waals surface area contributed by atoms with E-state index in [2.05, 4.69) is 10.0 Å². The molecular weight excluding hydrogens is 538 g/mol. The van der Waals surface area contributed by atoms with Gasteiger partial charge in [-0.2, -0.15) is 0 Å². The van der Waals surface area contributed by atoms with E-state index >= 15 is 0 Å². The smallest absolute Gasteiger partial charge is 0.265 e. The summed E-state index contributed by atoms with van der Waals surface area (Å²) in [5, 5.41) is 3.90. The van der Waals surface area contributed by atoms with E-state index < -0.39 is 21.7 Å². The number of fused-ring (bicyclic) bond motifs is 1. The number of anilines is 2. The largest absolute Gasteiger partial charge is 0.497 e. The van der Waals surface area contributed by atoms with Crippen molar-refractivity contribution in [2.45, 2.75) is 0 Å². The van der Waals surface area contributed by atoms with Gasteiger partial charge in [-0.05, 0) is 35.7 Å². The number of thiophene rings is 1. The Hall–Kier alpha value is -3.05. The number of hydrogen-bond donors (Lipinski definition) is 2. The van der Waals surface area contributed by atoms with Gasteiger partial charge in [0.1, 0.15) is 23.1 Å². The van der Waals surface area contributed by atoms with Crippen LogP contribution in [-0.2, 0) is 10.0 Å². The summed E-state index contributed by atoms with van der Waals surface area (Å²) in [7, 11) is -2.11. The normalized spacial score (nSPS) is 11.3. The standard InChI is InChI=1S/C23H17Cl2FN2O5S2/c1-32-16-7-14(26)8-18(10-16)33-17-6-13(24)5-15(9-17)27-23(29)22-4-12-3-20(28-35(2,30)31)19(25)11-21(12)34-22/h3-11,28H,1-2H3,(H,27,29). The van der Waals surface area contributed by atoms with Crippen molar-refractivity contribution in [1.29, 1.82) is 0 Å². The molecule has 0 aliphatic rings. The molecule has 0 saturated heterocycles. The molecule has 1 amide bonds. The summed E-state index contributed by atoms with van der Waals surface area (Å²) >= 11 is 13.6. The Morgan fingerprint density at radius 1 is 0.971 bits per heavy atom. The number of benzene rings is 3. The van der Waals surface area contributed by atoms with E-state index in [-0.39, 0.29) is 28.0 Å². The molecule has 0 fully saturated rings. The summed E-state index contributed by atoms with van der Waals surface area (Å²) in [6.45, 7) is 0. The third-order valence-electron chi connectivity index (χ3n) is 4.57. The number of rotatable bonds is 7. The molecule has 3 aromatic carbocycles. The molecule has 0 radical (unpaired) electrons. The van der Waals surface area contributed by atoms with Crippen LogP contribution in [0, 0.1) is 5.82 Å². The number of amides is 1. The number of sulfonamides is 1. The molecule has 0 bridgehead atoms. The maximum atomic E-state index is 13.8. The van der Waals surface area contributed by atoms with E-state index in [1.54, 1.807) is 24.3 Å². The molecule has 182 valence electrons. The second-order valence-corrected chi connectivity index (χ2v) is 11.1. The second kappa shape index (κ2) is 9.90. The minimum absolute atomic E-state index is 0.196. The number of carbonyl (C=O) groups is 1. The molecule has 4 rings (SSSR count). The highest BCUT2D eigenvalue weighted by Gasteiger charge is 2.15. The molecule has 0 atom stereocenters. The molecule has 0 unspecified atom stereocenters. The van der Waals surface area contributed by atoms with Crippen molar-refractivity contribution < 1.29 is 27.1 Å². The van der Waals surface area contributed by atoms with Gasteiger partial charge in [-0.1, -0.05) is 23.2 Å². The van der Waals surface area contributed by atoms with Crippen LogP contribution in [0.2, 0.25) is 10.0 Å². The second-order valence-electron chi connectivity index (χ2n) is 7.41. The zero-order valence-corrected chi connectivity index (χ0v) is 21.3. The van der Waals surface area contributed by atoms with Crippen LogP contribution in [0.15, 0.2) is 54.6 Å². The van der Waals surface area contributed by atoms with Crippen molar-refractivity contribution in [3.63, 3.8) is 0 Å². The monoisotopic (exact) mass is 554 g/mol. The van der Waals surface area contributed by atoms with Gasteiger partial charge < -0.3 is 14.8 Å². The molecular formula is C23H17Cl2FN2O5S2. The topological polar surface area (TPSA) is 93.7 Å². The van der Waals surface area contributed by atoms with Gasteiger partial charge in [0.2, 0.25) is 10.0 Å². The highest BCUT2D eigenvalue weighted by atomic mass is 35.5. The van der Waals surface area contributed by atoms with Gasteiger partial charge >= 0.3 is 0 Å². The molecule has 0 saturated carbocycles. The molecule has 4 aromatic rings. The number of carbonyl (C=O) groups excluding carboxylic acids is 1. The SMILES string of the molecule is COc1cc(F)cc(Oc2cc(Cl)cc(NC(=O)c3cc4cc(NS(C)(=O)=O)c(Cl)cc4s3)c2)c1. The van der Waals surface area contributed by atoms with Crippen LogP contribution in [0.5, 0.6) is 17.2 Å². The summed E-state index contributed by atoms with van der Waals surface area (Å²) in [5.74, 6) is -0.188. The van der Waals surface area contributed by atoms with Crippen LogP contribution in [0.1, 0.15) is 9.67 Å². The first-order chi connectivity index (χ1) is 16.5.